The predicted octanol–water partition coefficient (Wildman–Crippen LogP) is 4.27. The van der Waals surface area contributed by atoms with Gasteiger partial charge in [-0.3, -0.25) is 0 Å². The quantitative estimate of drug-likeness (QED) is 0.890. The van der Waals surface area contributed by atoms with Crippen LogP contribution in [0.25, 0.3) is 0 Å². The highest BCUT2D eigenvalue weighted by atomic mass is 79.9. The van der Waals surface area contributed by atoms with E-state index in [1.807, 2.05) is 30.3 Å². The zero-order valence-electron chi connectivity index (χ0n) is 11.2. The topological polar surface area (TPSA) is 45.0 Å². The van der Waals surface area contributed by atoms with Crippen LogP contribution >= 0.6 is 15.9 Å². The smallest absolute Gasteiger partial charge is 0.174 e. The monoisotopic (exact) mass is 330 g/mol. The SMILES string of the molecule is Cc1ccc(NCc2cccc(OCC#N)c2)c(Br)c1. The molecule has 4 heteroatoms. The van der Waals surface area contributed by atoms with Gasteiger partial charge in [-0.05, 0) is 58.2 Å². The predicted molar refractivity (Wildman–Crippen MR) is 83.8 cm³/mol. The van der Waals surface area contributed by atoms with E-state index in [-0.39, 0.29) is 6.61 Å². The van der Waals surface area contributed by atoms with Gasteiger partial charge in [-0.2, -0.15) is 5.26 Å². The molecule has 0 aliphatic carbocycles. The highest BCUT2D eigenvalue weighted by molar-refractivity contribution is 9.10. The van der Waals surface area contributed by atoms with Gasteiger partial charge in [-0.1, -0.05) is 18.2 Å². The molecule has 1 N–H and O–H groups in total. The summed E-state index contributed by atoms with van der Waals surface area (Å²) in [7, 11) is 0. The fraction of sp³-hybridized carbons (Fsp3) is 0.188. The van der Waals surface area contributed by atoms with Gasteiger partial charge in [0.05, 0.1) is 0 Å². The Morgan fingerprint density at radius 1 is 1.25 bits per heavy atom. The Balaban J connectivity index is 2.01. The first-order valence-corrected chi connectivity index (χ1v) is 7.07. The second kappa shape index (κ2) is 6.97. The molecule has 0 saturated heterocycles. The van der Waals surface area contributed by atoms with Gasteiger partial charge in [0.15, 0.2) is 6.61 Å². The maximum absolute atomic E-state index is 8.51. The van der Waals surface area contributed by atoms with E-state index in [4.69, 9.17) is 10.00 Å². The molecule has 102 valence electrons. The van der Waals surface area contributed by atoms with E-state index in [2.05, 4.69) is 46.4 Å². The van der Waals surface area contributed by atoms with Crippen molar-refractivity contribution in [1.82, 2.24) is 0 Å². The molecule has 0 aliphatic rings. The molecule has 0 unspecified atom stereocenters. The van der Waals surface area contributed by atoms with Crippen molar-refractivity contribution in [2.24, 2.45) is 0 Å². The number of ether oxygens (including phenoxy) is 1. The maximum atomic E-state index is 8.51. The molecule has 2 aromatic carbocycles. The van der Waals surface area contributed by atoms with Crippen molar-refractivity contribution in [2.45, 2.75) is 13.5 Å². The summed E-state index contributed by atoms with van der Waals surface area (Å²) in [5.74, 6) is 0.717. The van der Waals surface area contributed by atoms with E-state index in [9.17, 15) is 0 Å². The number of rotatable bonds is 5. The minimum absolute atomic E-state index is 0.0698. The molecule has 0 amide bonds. The van der Waals surface area contributed by atoms with Crippen LogP contribution in [0.1, 0.15) is 11.1 Å². The summed E-state index contributed by atoms with van der Waals surface area (Å²) >= 11 is 3.55. The number of aryl methyl sites for hydroxylation is 1. The van der Waals surface area contributed by atoms with Gasteiger partial charge < -0.3 is 10.1 Å². The molecule has 0 heterocycles. The minimum atomic E-state index is 0.0698. The number of nitrogens with zero attached hydrogens (tertiary/aromatic N) is 1. The van der Waals surface area contributed by atoms with Crippen LogP contribution in [0.5, 0.6) is 5.75 Å². The number of halogens is 1. The first-order valence-electron chi connectivity index (χ1n) is 6.28. The molecule has 2 aromatic rings. The van der Waals surface area contributed by atoms with Gasteiger partial charge in [0.2, 0.25) is 0 Å². The molecular weight excluding hydrogens is 316 g/mol. The normalized spacial score (nSPS) is 9.85. The van der Waals surface area contributed by atoms with Crippen molar-refractivity contribution in [1.29, 1.82) is 5.26 Å². The first kappa shape index (κ1) is 14.4. The molecular formula is C16H15BrN2O. The van der Waals surface area contributed by atoms with E-state index in [1.165, 1.54) is 5.56 Å². The van der Waals surface area contributed by atoms with Gasteiger partial charge in [-0.15, -0.1) is 0 Å². The van der Waals surface area contributed by atoms with E-state index in [1.54, 1.807) is 0 Å². The Morgan fingerprint density at radius 3 is 2.85 bits per heavy atom. The molecule has 0 radical (unpaired) electrons. The van der Waals surface area contributed by atoms with Crippen molar-refractivity contribution < 1.29 is 4.74 Å². The molecule has 0 aliphatic heterocycles. The highest BCUT2D eigenvalue weighted by Crippen LogP contribution is 2.24. The van der Waals surface area contributed by atoms with Crippen LogP contribution in [0.3, 0.4) is 0 Å². The average Bonchev–Trinajstić information content (AvgIpc) is 2.45. The number of hydrogen-bond acceptors (Lipinski definition) is 3. The van der Waals surface area contributed by atoms with Crippen LogP contribution in [0, 0.1) is 18.3 Å². The standard InChI is InChI=1S/C16H15BrN2O/c1-12-5-6-16(15(17)9-12)19-11-13-3-2-4-14(10-13)20-8-7-18/h2-6,9-10,19H,8,11H2,1H3. The Labute approximate surface area is 127 Å². The number of anilines is 1. The van der Waals surface area contributed by atoms with Crippen molar-refractivity contribution in [3.8, 4) is 11.8 Å². The molecule has 0 bridgehead atoms. The molecule has 0 aromatic heterocycles. The zero-order valence-corrected chi connectivity index (χ0v) is 12.8. The first-order chi connectivity index (χ1) is 9.69. The highest BCUT2D eigenvalue weighted by Gasteiger charge is 2.01. The minimum Gasteiger partial charge on any atom is -0.479 e. The van der Waals surface area contributed by atoms with Crippen LogP contribution < -0.4 is 10.1 Å². The van der Waals surface area contributed by atoms with Gasteiger partial charge in [0.1, 0.15) is 11.8 Å². The molecule has 0 spiro atoms. The van der Waals surface area contributed by atoms with Crippen LogP contribution in [0.15, 0.2) is 46.9 Å². The third kappa shape index (κ3) is 4.01. The van der Waals surface area contributed by atoms with Crippen LogP contribution in [0.2, 0.25) is 0 Å². The van der Waals surface area contributed by atoms with Crippen molar-refractivity contribution in [3.05, 3.63) is 58.1 Å². The summed E-state index contributed by atoms with van der Waals surface area (Å²) in [5.41, 5.74) is 3.38. The number of nitriles is 1. The number of nitrogens with one attached hydrogen (secondary N) is 1. The van der Waals surface area contributed by atoms with E-state index in [0.717, 1.165) is 15.7 Å². The van der Waals surface area contributed by atoms with Gasteiger partial charge in [0, 0.05) is 16.7 Å². The Bertz CT molecular complexity index is 635. The Kier molecular flexibility index (Phi) is 5.03. The fourth-order valence-electron chi connectivity index (χ4n) is 1.82. The Morgan fingerprint density at radius 2 is 2.10 bits per heavy atom. The number of benzene rings is 2. The maximum Gasteiger partial charge on any atom is 0.174 e. The molecule has 0 atom stereocenters. The van der Waals surface area contributed by atoms with Gasteiger partial charge in [0.25, 0.3) is 0 Å². The van der Waals surface area contributed by atoms with Crippen molar-refractivity contribution in [3.63, 3.8) is 0 Å². The lowest BCUT2D eigenvalue weighted by Crippen LogP contribution is -2.01. The van der Waals surface area contributed by atoms with Crippen molar-refractivity contribution >= 4 is 21.6 Å². The Hall–Kier alpha value is -1.99. The van der Waals surface area contributed by atoms with Gasteiger partial charge in [-0.25, -0.2) is 0 Å². The second-order valence-corrected chi connectivity index (χ2v) is 5.29. The largest absolute Gasteiger partial charge is 0.479 e. The summed E-state index contributed by atoms with van der Waals surface area (Å²) in [5, 5.41) is 11.9. The lowest BCUT2D eigenvalue weighted by atomic mass is 10.2. The van der Waals surface area contributed by atoms with Crippen LogP contribution in [-0.2, 0) is 6.54 Å². The second-order valence-electron chi connectivity index (χ2n) is 4.43. The summed E-state index contributed by atoms with van der Waals surface area (Å²) < 4.78 is 6.34. The molecule has 20 heavy (non-hydrogen) atoms. The summed E-state index contributed by atoms with van der Waals surface area (Å²) in [6.45, 7) is 2.83. The van der Waals surface area contributed by atoms with Crippen LogP contribution in [-0.4, -0.2) is 6.61 Å². The van der Waals surface area contributed by atoms with E-state index >= 15 is 0 Å². The van der Waals surface area contributed by atoms with Crippen LogP contribution in [0.4, 0.5) is 5.69 Å². The van der Waals surface area contributed by atoms with E-state index < -0.39 is 0 Å². The summed E-state index contributed by atoms with van der Waals surface area (Å²) in [6, 6.07) is 15.9. The summed E-state index contributed by atoms with van der Waals surface area (Å²) in [4.78, 5) is 0. The molecule has 0 fully saturated rings. The van der Waals surface area contributed by atoms with E-state index in [0.29, 0.717) is 12.3 Å². The zero-order chi connectivity index (χ0) is 14.4. The lowest BCUT2D eigenvalue weighted by molar-refractivity contribution is 0.368. The average molecular weight is 331 g/mol. The van der Waals surface area contributed by atoms with Gasteiger partial charge >= 0.3 is 0 Å². The molecule has 0 saturated carbocycles. The lowest BCUT2D eigenvalue weighted by Gasteiger charge is -2.10. The third-order valence-electron chi connectivity index (χ3n) is 2.81. The summed E-state index contributed by atoms with van der Waals surface area (Å²) in [6.07, 6.45) is 0. The fourth-order valence-corrected chi connectivity index (χ4v) is 2.46. The molecule has 3 nitrogen and oxygen atoms in total. The third-order valence-corrected chi connectivity index (χ3v) is 3.47. The van der Waals surface area contributed by atoms with Crippen molar-refractivity contribution in [2.75, 3.05) is 11.9 Å². The number of hydrogen-bond donors (Lipinski definition) is 1. The molecule has 2 rings (SSSR count).